The van der Waals surface area contributed by atoms with E-state index in [1.807, 2.05) is 18.2 Å². The molecule has 0 saturated carbocycles. The molecule has 0 unspecified atom stereocenters. The molecule has 0 amide bonds. The molecule has 1 aromatic carbocycles. The lowest BCUT2D eigenvalue weighted by Crippen LogP contribution is -2.26. The van der Waals surface area contributed by atoms with Crippen molar-refractivity contribution in [3.63, 3.8) is 0 Å². The van der Waals surface area contributed by atoms with E-state index in [0.29, 0.717) is 37.7 Å². The number of anilines is 1. The lowest BCUT2D eigenvalue weighted by Gasteiger charge is -2.26. The number of hydrogen-bond acceptors (Lipinski definition) is 3. The van der Waals surface area contributed by atoms with E-state index in [2.05, 4.69) is 16.6 Å². The summed E-state index contributed by atoms with van der Waals surface area (Å²) in [6.45, 7) is 3.89. The van der Waals surface area contributed by atoms with Gasteiger partial charge in [-0.2, -0.15) is 26.3 Å². The highest BCUT2D eigenvalue weighted by Crippen LogP contribution is 2.38. The molecule has 2 heterocycles. The number of aliphatic imine (C=N–C) groups is 1. The molecule has 0 saturated heterocycles. The molecule has 1 aliphatic heterocycles. The van der Waals surface area contributed by atoms with Crippen molar-refractivity contribution in [1.29, 1.82) is 0 Å². The van der Waals surface area contributed by atoms with Gasteiger partial charge in [-0.15, -0.1) is 0 Å². The molecule has 0 spiro atoms. The van der Waals surface area contributed by atoms with Gasteiger partial charge >= 0.3 is 12.4 Å². The second kappa shape index (κ2) is 11.4. The third-order valence-electron chi connectivity index (χ3n) is 5.46. The standard InChI is InChI=1S/C26H25F6N3/c1-2-21-9-3-4-10-22(34-21)11-6-8-16-35(24-12-5-7-15-33-24)18-19-13-14-20(25(27,28)29)17-23(19)26(30,31)32/h2-5,7,10,12-15,17H,1,6,8-9,11,16,18H2. The Balaban J connectivity index is 1.77. The molecule has 2 aromatic rings. The predicted octanol–water partition coefficient (Wildman–Crippen LogP) is 7.77. The lowest BCUT2D eigenvalue weighted by molar-refractivity contribution is -0.143. The fourth-order valence-electron chi connectivity index (χ4n) is 3.69. The summed E-state index contributed by atoms with van der Waals surface area (Å²) in [5, 5.41) is 0. The summed E-state index contributed by atoms with van der Waals surface area (Å²) >= 11 is 0. The minimum absolute atomic E-state index is 0.174. The number of hydrogen-bond donors (Lipinski definition) is 0. The first-order valence-corrected chi connectivity index (χ1v) is 11.1. The zero-order chi connectivity index (χ0) is 25.5. The number of aromatic nitrogens is 1. The van der Waals surface area contributed by atoms with E-state index >= 15 is 0 Å². The molecule has 0 aliphatic carbocycles. The van der Waals surface area contributed by atoms with Crippen LogP contribution in [0.1, 0.15) is 42.4 Å². The Bertz CT molecular complexity index is 1100. The van der Waals surface area contributed by atoms with Gasteiger partial charge in [0.1, 0.15) is 5.82 Å². The van der Waals surface area contributed by atoms with E-state index in [4.69, 9.17) is 0 Å². The van der Waals surface area contributed by atoms with Gasteiger partial charge in [-0.25, -0.2) is 4.98 Å². The Hall–Kier alpha value is -3.36. The van der Waals surface area contributed by atoms with Crippen LogP contribution in [0, 0.1) is 0 Å². The number of unbranched alkanes of at least 4 members (excludes halogenated alkanes) is 1. The summed E-state index contributed by atoms with van der Waals surface area (Å²) in [4.78, 5) is 10.4. The molecule has 0 atom stereocenters. The van der Waals surface area contributed by atoms with E-state index in [1.54, 1.807) is 29.2 Å². The third-order valence-corrected chi connectivity index (χ3v) is 5.46. The van der Waals surface area contributed by atoms with Crippen molar-refractivity contribution in [1.82, 2.24) is 4.98 Å². The zero-order valence-corrected chi connectivity index (χ0v) is 18.9. The Morgan fingerprint density at radius 1 is 1.00 bits per heavy atom. The minimum atomic E-state index is -4.92. The molecule has 0 fully saturated rings. The van der Waals surface area contributed by atoms with E-state index in [0.717, 1.165) is 23.9 Å². The number of allylic oxidation sites excluding steroid dienone is 5. The van der Waals surface area contributed by atoms with Crippen LogP contribution in [-0.4, -0.2) is 17.2 Å². The molecule has 35 heavy (non-hydrogen) atoms. The number of pyridine rings is 1. The largest absolute Gasteiger partial charge is 0.416 e. The maximum Gasteiger partial charge on any atom is 0.416 e. The highest BCUT2D eigenvalue weighted by atomic mass is 19.4. The number of nitrogens with zero attached hydrogens (tertiary/aromatic N) is 3. The Labute approximate surface area is 200 Å². The Morgan fingerprint density at radius 2 is 1.80 bits per heavy atom. The lowest BCUT2D eigenvalue weighted by atomic mass is 10.0. The normalized spacial score (nSPS) is 14.2. The van der Waals surface area contributed by atoms with Crippen molar-refractivity contribution in [3.8, 4) is 0 Å². The molecular weight excluding hydrogens is 468 g/mol. The molecule has 0 radical (unpaired) electrons. The monoisotopic (exact) mass is 493 g/mol. The van der Waals surface area contributed by atoms with Gasteiger partial charge in [-0.3, -0.25) is 4.99 Å². The van der Waals surface area contributed by atoms with Gasteiger partial charge in [-0.1, -0.05) is 30.9 Å². The SMILES string of the molecule is C=CC1=NC(CCCCN(Cc2ccc(C(F)(F)F)cc2C(F)(F)F)c2ccccn2)=CC=CC1. The molecule has 9 heteroatoms. The molecule has 0 bridgehead atoms. The molecule has 1 aromatic heterocycles. The van der Waals surface area contributed by atoms with Crippen LogP contribution in [0.2, 0.25) is 0 Å². The van der Waals surface area contributed by atoms with Crippen LogP contribution in [-0.2, 0) is 18.9 Å². The van der Waals surface area contributed by atoms with Crippen LogP contribution in [0.15, 0.2) is 84.2 Å². The van der Waals surface area contributed by atoms with Gasteiger partial charge in [0.15, 0.2) is 0 Å². The predicted molar refractivity (Wildman–Crippen MR) is 125 cm³/mol. The van der Waals surface area contributed by atoms with Crippen molar-refractivity contribution in [2.75, 3.05) is 11.4 Å². The second-order valence-corrected chi connectivity index (χ2v) is 8.03. The summed E-state index contributed by atoms with van der Waals surface area (Å²) in [7, 11) is 0. The van der Waals surface area contributed by atoms with Crippen molar-refractivity contribution < 1.29 is 26.3 Å². The maximum absolute atomic E-state index is 13.6. The molecule has 1 aliphatic rings. The van der Waals surface area contributed by atoms with Crippen LogP contribution in [0.5, 0.6) is 0 Å². The maximum atomic E-state index is 13.6. The average Bonchev–Trinajstić information content (AvgIpc) is 3.05. The van der Waals surface area contributed by atoms with Crippen LogP contribution >= 0.6 is 0 Å². The summed E-state index contributed by atoms with van der Waals surface area (Å²) in [6, 6.07) is 6.81. The fourth-order valence-corrected chi connectivity index (χ4v) is 3.69. The van der Waals surface area contributed by atoms with Gasteiger partial charge in [0, 0.05) is 37.1 Å². The van der Waals surface area contributed by atoms with Gasteiger partial charge in [0.25, 0.3) is 0 Å². The van der Waals surface area contributed by atoms with Crippen molar-refractivity contribution in [2.24, 2.45) is 4.99 Å². The van der Waals surface area contributed by atoms with Crippen LogP contribution < -0.4 is 4.90 Å². The first-order chi connectivity index (χ1) is 16.6. The summed E-state index contributed by atoms with van der Waals surface area (Å²) in [5.41, 5.74) is -1.12. The van der Waals surface area contributed by atoms with Crippen LogP contribution in [0.25, 0.3) is 0 Å². The zero-order valence-electron chi connectivity index (χ0n) is 18.9. The van der Waals surface area contributed by atoms with Gasteiger partial charge in [0.05, 0.1) is 11.1 Å². The van der Waals surface area contributed by atoms with Crippen molar-refractivity contribution >= 4 is 11.5 Å². The second-order valence-electron chi connectivity index (χ2n) is 8.03. The highest BCUT2D eigenvalue weighted by Gasteiger charge is 2.38. The molecule has 186 valence electrons. The molecular formula is C26H25F6N3. The topological polar surface area (TPSA) is 28.5 Å². The molecule has 3 nitrogen and oxygen atoms in total. The number of rotatable bonds is 9. The first-order valence-electron chi connectivity index (χ1n) is 11.1. The Kier molecular flexibility index (Phi) is 8.53. The summed E-state index contributed by atoms with van der Waals surface area (Å²) in [5.74, 6) is 0.448. The van der Waals surface area contributed by atoms with Crippen molar-refractivity contribution in [3.05, 3.63) is 95.9 Å². The summed E-state index contributed by atoms with van der Waals surface area (Å²) in [6.07, 6.45) is 1.98. The minimum Gasteiger partial charge on any atom is -0.352 e. The smallest absolute Gasteiger partial charge is 0.352 e. The summed E-state index contributed by atoms with van der Waals surface area (Å²) < 4.78 is 80.0. The van der Waals surface area contributed by atoms with Crippen LogP contribution in [0.3, 0.4) is 0 Å². The highest BCUT2D eigenvalue weighted by molar-refractivity contribution is 5.96. The van der Waals surface area contributed by atoms with E-state index < -0.39 is 23.5 Å². The van der Waals surface area contributed by atoms with Crippen LogP contribution in [0.4, 0.5) is 32.2 Å². The number of halogens is 6. The third kappa shape index (κ3) is 7.56. The first kappa shape index (κ1) is 26.2. The van der Waals surface area contributed by atoms with E-state index in [-0.39, 0.29) is 18.2 Å². The quantitative estimate of drug-likeness (QED) is 0.264. The molecule has 3 rings (SSSR count). The molecule has 0 N–H and O–H groups in total. The van der Waals surface area contributed by atoms with E-state index in [1.165, 1.54) is 6.20 Å². The van der Waals surface area contributed by atoms with Crippen molar-refractivity contribution in [2.45, 2.75) is 44.6 Å². The average molecular weight is 493 g/mol. The number of benzene rings is 1. The Morgan fingerprint density at radius 3 is 2.46 bits per heavy atom. The van der Waals surface area contributed by atoms with E-state index in [9.17, 15) is 26.3 Å². The van der Waals surface area contributed by atoms with Gasteiger partial charge in [0.2, 0.25) is 0 Å². The fraction of sp³-hybridized carbons (Fsp3) is 0.308. The number of alkyl halides is 6. The van der Waals surface area contributed by atoms with Gasteiger partial charge < -0.3 is 4.90 Å². The van der Waals surface area contributed by atoms with Gasteiger partial charge in [-0.05, 0) is 61.2 Å².